The van der Waals surface area contributed by atoms with E-state index in [4.69, 9.17) is 0 Å². The van der Waals surface area contributed by atoms with E-state index in [1.165, 1.54) is 0 Å². The highest BCUT2D eigenvalue weighted by Gasteiger charge is 1.92. The Balaban J connectivity index is -0.000000166. The topological polar surface area (TPSA) is 17.1 Å². The number of ketones is 1. The monoisotopic (exact) mass is 226 g/mol. The standard InChI is InChI=1S/C6H6O.2C4H10.CH4/c7-6-4-2-1-3-5-6;2*1-4(2)3;/h1-4H,5H2;2*4H,1-3H3;1H4. The van der Waals surface area contributed by atoms with Crippen LogP contribution >= 0.6 is 0 Å². The van der Waals surface area contributed by atoms with E-state index in [0.717, 1.165) is 11.8 Å². The van der Waals surface area contributed by atoms with E-state index >= 15 is 0 Å². The molecule has 0 saturated heterocycles. The third-order valence-electron chi connectivity index (χ3n) is 0.848. The maximum Gasteiger partial charge on any atom is 0.159 e. The maximum atomic E-state index is 10.3. The van der Waals surface area contributed by atoms with E-state index < -0.39 is 0 Å². The molecule has 0 unspecified atom stereocenters. The predicted octanol–water partition coefficient (Wildman–Crippen LogP) is 5.03. The second-order valence-electron chi connectivity index (χ2n) is 4.92. The summed E-state index contributed by atoms with van der Waals surface area (Å²) in [5.74, 6) is 1.86. The molecule has 0 amide bonds. The largest absolute Gasteiger partial charge is 0.295 e. The molecule has 0 aromatic rings. The highest BCUT2D eigenvalue weighted by molar-refractivity contribution is 5.92. The minimum Gasteiger partial charge on any atom is -0.295 e. The van der Waals surface area contributed by atoms with E-state index in [-0.39, 0.29) is 13.2 Å². The number of hydrogen-bond donors (Lipinski definition) is 0. The lowest BCUT2D eigenvalue weighted by Gasteiger charge is -1.88. The normalized spacial score (nSPS) is 12.4. The van der Waals surface area contributed by atoms with Crippen LogP contribution in [0.5, 0.6) is 0 Å². The highest BCUT2D eigenvalue weighted by atomic mass is 16.1. The lowest BCUT2D eigenvalue weighted by Crippen LogP contribution is -1.90. The molecule has 0 fully saturated rings. The second-order valence-corrected chi connectivity index (χ2v) is 4.92. The van der Waals surface area contributed by atoms with Gasteiger partial charge in [0.1, 0.15) is 0 Å². The summed E-state index contributed by atoms with van der Waals surface area (Å²) in [6, 6.07) is 0. The van der Waals surface area contributed by atoms with Crippen LogP contribution in [0.1, 0.15) is 55.4 Å². The zero-order valence-corrected chi connectivity index (χ0v) is 11.1. The molecule has 0 saturated carbocycles. The molecule has 0 aromatic carbocycles. The van der Waals surface area contributed by atoms with Crippen LogP contribution in [0.4, 0.5) is 0 Å². The molecular formula is C15H30O. The minimum atomic E-state index is 0. The SMILES string of the molecule is C.CC(C)C.CC(C)C.O=C1C=CC=CC1. The molecule has 0 aromatic heterocycles. The summed E-state index contributed by atoms with van der Waals surface area (Å²) in [6.07, 6.45) is 7.64. The fraction of sp³-hybridized carbons (Fsp3) is 0.667. The number of allylic oxidation sites excluding steroid dienone is 4. The third kappa shape index (κ3) is 38.0. The highest BCUT2D eigenvalue weighted by Crippen LogP contribution is 1.94. The van der Waals surface area contributed by atoms with E-state index in [1.54, 1.807) is 12.2 Å². The molecule has 1 aliphatic rings. The van der Waals surface area contributed by atoms with Crippen LogP contribution in [0.25, 0.3) is 0 Å². The molecule has 0 spiro atoms. The summed E-state index contributed by atoms with van der Waals surface area (Å²) in [4.78, 5) is 10.3. The Morgan fingerprint density at radius 2 is 1.31 bits per heavy atom. The molecule has 16 heavy (non-hydrogen) atoms. The number of rotatable bonds is 0. The van der Waals surface area contributed by atoms with Crippen LogP contribution in [0.15, 0.2) is 24.3 Å². The van der Waals surface area contributed by atoms with Crippen LogP contribution in [0.3, 0.4) is 0 Å². The summed E-state index contributed by atoms with van der Waals surface area (Å²) in [6.45, 7) is 13.0. The van der Waals surface area contributed by atoms with Crippen molar-refractivity contribution in [3.63, 3.8) is 0 Å². The second kappa shape index (κ2) is 14.2. The van der Waals surface area contributed by atoms with Gasteiger partial charge in [0.25, 0.3) is 0 Å². The first-order valence-corrected chi connectivity index (χ1v) is 5.72. The van der Waals surface area contributed by atoms with Crippen molar-refractivity contribution < 1.29 is 4.79 Å². The summed E-state index contributed by atoms with van der Waals surface area (Å²) in [5, 5.41) is 0. The zero-order valence-electron chi connectivity index (χ0n) is 11.1. The van der Waals surface area contributed by atoms with Gasteiger partial charge >= 0.3 is 0 Å². The van der Waals surface area contributed by atoms with E-state index in [9.17, 15) is 4.79 Å². The van der Waals surface area contributed by atoms with Crippen LogP contribution in [0.2, 0.25) is 0 Å². The average molecular weight is 226 g/mol. The van der Waals surface area contributed by atoms with Crippen molar-refractivity contribution in [2.45, 2.75) is 55.4 Å². The van der Waals surface area contributed by atoms with Gasteiger partial charge in [0.15, 0.2) is 5.78 Å². The molecule has 0 atom stereocenters. The first-order valence-electron chi connectivity index (χ1n) is 5.72. The fourth-order valence-electron chi connectivity index (χ4n) is 0.494. The van der Waals surface area contributed by atoms with Crippen molar-refractivity contribution in [2.24, 2.45) is 11.8 Å². The number of carbonyl (C=O) groups is 1. The van der Waals surface area contributed by atoms with Gasteiger partial charge in [0.05, 0.1) is 0 Å². The van der Waals surface area contributed by atoms with Gasteiger partial charge < -0.3 is 0 Å². The summed E-state index contributed by atoms with van der Waals surface area (Å²) >= 11 is 0. The summed E-state index contributed by atoms with van der Waals surface area (Å²) in [5.41, 5.74) is 0. The Morgan fingerprint density at radius 1 is 0.938 bits per heavy atom. The van der Waals surface area contributed by atoms with Crippen LogP contribution in [-0.4, -0.2) is 5.78 Å². The lowest BCUT2D eigenvalue weighted by molar-refractivity contribution is -0.113. The molecule has 1 nitrogen and oxygen atoms in total. The van der Waals surface area contributed by atoms with Crippen LogP contribution in [-0.2, 0) is 4.79 Å². The van der Waals surface area contributed by atoms with Gasteiger partial charge in [-0.05, 0) is 17.9 Å². The van der Waals surface area contributed by atoms with E-state index in [2.05, 4.69) is 41.5 Å². The van der Waals surface area contributed by atoms with Crippen molar-refractivity contribution in [3.8, 4) is 0 Å². The van der Waals surface area contributed by atoms with E-state index in [1.807, 2.05) is 12.2 Å². The quantitative estimate of drug-likeness (QED) is 0.566. The Labute approximate surface area is 103 Å². The first kappa shape index (κ1) is 20.5. The minimum absolute atomic E-state index is 0. The van der Waals surface area contributed by atoms with Gasteiger partial charge in [-0.25, -0.2) is 0 Å². The van der Waals surface area contributed by atoms with Gasteiger partial charge in [0.2, 0.25) is 0 Å². The van der Waals surface area contributed by atoms with Gasteiger partial charge in [-0.2, -0.15) is 0 Å². The Bertz CT molecular complexity index is 186. The first-order chi connectivity index (χ1) is 6.86. The van der Waals surface area contributed by atoms with Crippen molar-refractivity contribution in [1.82, 2.24) is 0 Å². The molecular weight excluding hydrogens is 196 g/mol. The molecule has 96 valence electrons. The van der Waals surface area contributed by atoms with Gasteiger partial charge in [0, 0.05) is 6.42 Å². The number of carbonyl (C=O) groups excluding carboxylic acids is 1. The lowest BCUT2D eigenvalue weighted by atomic mass is 10.2. The smallest absolute Gasteiger partial charge is 0.159 e. The van der Waals surface area contributed by atoms with Crippen LogP contribution in [0, 0.1) is 11.8 Å². The summed E-state index contributed by atoms with van der Waals surface area (Å²) in [7, 11) is 0. The maximum absolute atomic E-state index is 10.3. The Morgan fingerprint density at radius 3 is 1.44 bits per heavy atom. The third-order valence-corrected chi connectivity index (χ3v) is 0.848. The number of hydrogen-bond acceptors (Lipinski definition) is 1. The molecule has 0 aliphatic heterocycles. The van der Waals surface area contributed by atoms with Gasteiger partial charge in [-0.3, -0.25) is 4.79 Å². The average Bonchev–Trinajstić information content (AvgIpc) is 2.03. The fourth-order valence-corrected chi connectivity index (χ4v) is 0.494. The predicted molar refractivity (Wildman–Crippen MR) is 75.7 cm³/mol. The van der Waals surface area contributed by atoms with Gasteiger partial charge in [-0.1, -0.05) is 67.2 Å². The Kier molecular flexibility index (Phi) is 18.2. The molecule has 0 heterocycles. The molecule has 0 bridgehead atoms. The van der Waals surface area contributed by atoms with Crippen molar-refractivity contribution in [1.29, 1.82) is 0 Å². The Hall–Kier alpha value is -0.850. The molecule has 1 heteroatoms. The van der Waals surface area contributed by atoms with Crippen molar-refractivity contribution in [3.05, 3.63) is 24.3 Å². The van der Waals surface area contributed by atoms with Crippen molar-refractivity contribution in [2.75, 3.05) is 0 Å². The molecule has 1 aliphatic carbocycles. The van der Waals surface area contributed by atoms with Gasteiger partial charge in [-0.15, -0.1) is 0 Å². The molecule has 0 N–H and O–H groups in total. The molecule has 0 radical (unpaired) electrons. The van der Waals surface area contributed by atoms with Crippen molar-refractivity contribution >= 4 is 5.78 Å². The summed E-state index contributed by atoms with van der Waals surface area (Å²) < 4.78 is 0. The van der Waals surface area contributed by atoms with E-state index in [0.29, 0.717) is 6.42 Å². The molecule has 1 rings (SSSR count). The zero-order chi connectivity index (χ0) is 12.3. The van der Waals surface area contributed by atoms with Crippen LogP contribution < -0.4 is 0 Å².